The van der Waals surface area contributed by atoms with Gasteiger partial charge in [-0.3, -0.25) is 4.79 Å². The molecule has 148 valence electrons. The van der Waals surface area contributed by atoms with Crippen molar-refractivity contribution >= 4 is 5.78 Å². The summed E-state index contributed by atoms with van der Waals surface area (Å²) in [6.07, 6.45) is 10.7. The van der Waals surface area contributed by atoms with Crippen LogP contribution >= 0.6 is 0 Å². The van der Waals surface area contributed by atoms with E-state index in [1.807, 2.05) is 6.08 Å². The Morgan fingerprint density at radius 2 is 1.41 bits per heavy atom. The number of hydrogen-bond acceptors (Lipinski definition) is 4. The minimum Gasteiger partial charge on any atom is -0.507 e. The van der Waals surface area contributed by atoms with E-state index in [-0.39, 0.29) is 17.1 Å². The lowest BCUT2D eigenvalue weighted by atomic mass is 10.1. The fourth-order valence-electron chi connectivity index (χ4n) is 2.65. The number of ketones is 1. The second kappa shape index (κ2) is 11.3. The van der Waals surface area contributed by atoms with E-state index >= 15 is 0 Å². The second-order valence-electron chi connectivity index (χ2n) is 7.16. The van der Waals surface area contributed by atoms with E-state index < -0.39 is 5.78 Å². The highest BCUT2D eigenvalue weighted by molar-refractivity contribution is 5.99. The third kappa shape index (κ3) is 8.63. The molecule has 0 aliphatic carbocycles. The van der Waals surface area contributed by atoms with E-state index in [0.29, 0.717) is 12.4 Å². The lowest BCUT2D eigenvalue weighted by Crippen LogP contribution is -1.98. The zero-order valence-corrected chi connectivity index (χ0v) is 17.1. The highest BCUT2D eigenvalue weighted by Gasteiger charge is 2.14. The molecule has 0 heterocycles. The van der Waals surface area contributed by atoms with Gasteiger partial charge in [0.25, 0.3) is 0 Å². The highest BCUT2D eigenvalue weighted by Crippen LogP contribution is 2.32. The van der Waals surface area contributed by atoms with Crippen molar-refractivity contribution in [3.05, 3.63) is 52.6 Å². The lowest BCUT2D eigenvalue weighted by Gasteiger charge is -2.09. The van der Waals surface area contributed by atoms with Crippen LogP contribution in [0.3, 0.4) is 0 Å². The second-order valence-corrected chi connectivity index (χ2v) is 7.16. The molecule has 0 amide bonds. The van der Waals surface area contributed by atoms with Crippen molar-refractivity contribution in [3.8, 4) is 17.2 Å². The first-order valence-corrected chi connectivity index (χ1v) is 9.35. The molecular weight excluding hydrogens is 340 g/mol. The standard InChI is InChI=1S/C23H32O4/c1-16(2)8-6-9-17(3)10-7-11-18(4)12-13-27-20-14-21(25)23(19(5)24)22(26)15-20/h8,10,12,14-15,25-26H,6-7,9,11,13H2,1-5H3/b17-10-,18-12-. The molecule has 0 saturated heterocycles. The predicted octanol–water partition coefficient (Wildman–Crippen LogP) is 6.10. The van der Waals surface area contributed by atoms with Crippen molar-refractivity contribution in [3.63, 3.8) is 0 Å². The van der Waals surface area contributed by atoms with E-state index in [0.717, 1.165) is 25.7 Å². The molecule has 1 aromatic rings. The molecule has 0 aliphatic heterocycles. The number of ether oxygens (including phenoxy) is 1. The van der Waals surface area contributed by atoms with Crippen LogP contribution in [0, 0.1) is 0 Å². The number of phenols is 2. The number of allylic oxidation sites excluding steroid dienone is 5. The maximum atomic E-state index is 11.4. The van der Waals surface area contributed by atoms with Gasteiger partial charge < -0.3 is 14.9 Å². The van der Waals surface area contributed by atoms with Gasteiger partial charge in [-0.2, -0.15) is 0 Å². The SMILES string of the molecule is CC(=O)c1c(O)cc(OC/C=C(/C)CC/C=C(/C)CCC=C(C)C)cc1O. The molecule has 0 unspecified atom stereocenters. The van der Waals surface area contributed by atoms with Crippen molar-refractivity contribution in [2.24, 2.45) is 0 Å². The van der Waals surface area contributed by atoms with Gasteiger partial charge in [0.05, 0.1) is 0 Å². The molecule has 2 N–H and O–H groups in total. The zero-order valence-electron chi connectivity index (χ0n) is 17.1. The van der Waals surface area contributed by atoms with Gasteiger partial charge in [0, 0.05) is 12.1 Å². The third-order valence-electron chi connectivity index (χ3n) is 4.23. The number of aromatic hydroxyl groups is 2. The lowest BCUT2D eigenvalue weighted by molar-refractivity contribution is 0.101. The summed E-state index contributed by atoms with van der Waals surface area (Å²) in [5.74, 6) is -0.607. The van der Waals surface area contributed by atoms with E-state index in [2.05, 4.69) is 39.8 Å². The summed E-state index contributed by atoms with van der Waals surface area (Å²) in [5, 5.41) is 19.6. The van der Waals surface area contributed by atoms with Crippen LogP contribution in [0.1, 0.15) is 70.7 Å². The topological polar surface area (TPSA) is 66.8 Å². The average molecular weight is 373 g/mol. The van der Waals surface area contributed by atoms with Crippen LogP contribution in [-0.4, -0.2) is 22.6 Å². The van der Waals surface area contributed by atoms with Gasteiger partial charge in [0.1, 0.15) is 29.4 Å². The minimum absolute atomic E-state index is 0.0826. The first kappa shape index (κ1) is 22.6. The Bertz CT molecular complexity index is 712. The van der Waals surface area contributed by atoms with Crippen molar-refractivity contribution in [2.45, 2.75) is 60.3 Å². The summed E-state index contributed by atoms with van der Waals surface area (Å²) in [5.41, 5.74) is 3.91. The van der Waals surface area contributed by atoms with Crippen LogP contribution in [0.25, 0.3) is 0 Å². The van der Waals surface area contributed by atoms with Crippen molar-refractivity contribution in [2.75, 3.05) is 6.61 Å². The van der Waals surface area contributed by atoms with Crippen LogP contribution in [0.5, 0.6) is 17.2 Å². The van der Waals surface area contributed by atoms with Gasteiger partial charge in [0.15, 0.2) is 5.78 Å². The average Bonchev–Trinajstić information content (AvgIpc) is 2.53. The van der Waals surface area contributed by atoms with E-state index in [1.54, 1.807) is 0 Å². The van der Waals surface area contributed by atoms with Crippen LogP contribution in [0.2, 0.25) is 0 Å². The fourth-order valence-corrected chi connectivity index (χ4v) is 2.65. The Morgan fingerprint density at radius 1 is 0.889 bits per heavy atom. The third-order valence-corrected chi connectivity index (χ3v) is 4.23. The van der Waals surface area contributed by atoms with Gasteiger partial charge in [-0.25, -0.2) is 0 Å². The molecule has 0 aliphatic rings. The Morgan fingerprint density at radius 3 is 1.93 bits per heavy atom. The van der Waals surface area contributed by atoms with Crippen LogP contribution in [-0.2, 0) is 0 Å². The van der Waals surface area contributed by atoms with E-state index in [1.165, 1.54) is 35.8 Å². The summed E-state index contributed by atoms with van der Waals surface area (Å²) in [4.78, 5) is 11.4. The molecule has 0 saturated carbocycles. The number of phenolic OH excluding ortho intramolecular Hbond substituents is 2. The highest BCUT2D eigenvalue weighted by atomic mass is 16.5. The predicted molar refractivity (Wildman–Crippen MR) is 111 cm³/mol. The van der Waals surface area contributed by atoms with Crippen LogP contribution < -0.4 is 4.74 Å². The molecule has 0 spiro atoms. The summed E-state index contributed by atoms with van der Waals surface area (Å²) in [7, 11) is 0. The van der Waals surface area contributed by atoms with Crippen LogP contribution in [0.4, 0.5) is 0 Å². The van der Waals surface area contributed by atoms with Crippen molar-refractivity contribution < 1.29 is 19.7 Å². The monoisotopic (exact) mass is 372 g/mol. The van der Waals surface area contributed by atoms with E-state index in [9.17, 15) is 15.0 Å². The Kier molecular flexibility index (Phi) is 9.41. The van der Waals surface area contributed by atoms with E-state index in [4.69, 9.17) is 4.74 Å². The van der Waals surface area contributed by atoms with Gasteiger partial charge >= 0.3 is 0 Å². The normalized spacial score (nSPS) is 12.0. The van der Waals surface area contributed by atoms with Gasteiger partial charge in [-0.1, -0.05) is 28.9 Å². The summed E-state index contributed by atoms with van der Waals surface area (Å²) in [6, 6.07) is 2.69. The first-order chi connectivity index (χ1) is 12.7. The molecule has 1 rings (SSSR count). The maximum absolute atomic E-state index is 11.4. The van der Waals surface area contributed by atoms with Gasteiger partial charge in [-0.15, -0.1) is 0 Å². The molecule has 4 heteroatoms. The Hall–Kier alpha value is -2.49. The fraction of sp³-hybridized carbons (Fsp3) is 0.435. The Balaban J connectivity index is 2.47. The molecule has 27 heavy (non-hydrogen) atoms. The van der Waals surface area contributed by atoms with Gasteiger partial charge in [-0.05, 0) is 66.4 Å². The number of carbonyl (C=O) groups excluding carboxylic acids is 1. The smallest absolute Gasteiger partial charge is 0.167 e. The number of rotatable bonds is 10. The molecule has 0 bridgehead atoms. The summed E-state index contributed by atoms with van der Waals surface area (Å²) >= 11 is 0. The maximum Gasteiger partial charge on any atom is 0.167 e. The molecule has 0 radical (unpaired) electrons. The first-order valence-electron chi connectivity index (χ1n) is 9.35. The van der Waals surface area contributed by atoms with Crippen molar-refractivity contribution in [1.29, 1.82) is 0 Å². The number of benzene rings is 1. The Labute approximate surface area is 162 Å². The number of carbonyl (C=O) groups is 1. The molecule has 0 fully saturated rings. The largest absolute Gasteiger partial charge is 0.507 e. The molecular formula is C23H32O4. The zero-order chi connectivity index (χ0) is 20.4. The minimum atomic E-state index is -0.392. The molecule has 0 atom stereocenters. The van der Waals surface area contributed by atoms with Gasteiger partial charge in [0.2, 0.25) is 0 Å². The molecule has 1 aromatic carbocycles. The summed E-state index contributed by atoms with van der Waals surface area (Å²) < 4.78 is 5.55. The number of hydrogen-bond donors (Lipinski definition) is 2. The molecule has 0 aromatic heterocycles. The quantitative estimate of drug-likeness (QED) is 0.385. The van der Waals surface area contributed by atoms with Crippen molar-refractivity contribution in [1.82, 2.24) is 0 Å². The summed E-state index contributed by atoms with van der Waals surface area (Å²) in [6.45, 7) is 10.1. The number of Topliss-reactive ketones (excluding diaryl/α,β-unsaturated/α-hetero) is 1. The van der Waals surface area contributed by atoms with Crippen LogP contribution in [0.15, 0.2) is 47.1 Å². The molecule has 4 nitrogen and oxygen atoms in total.